The van der Waals surface area contributed by atoms with E-state index in [1.54, 1.807) is 12.1 Å². The van der Waals surface area contributed by atoms with Crippen molar-refractivity contribution in [1.29, 1.82) is 0 Å². The van der Waals surface area contributed by atoms with Crippen molar-refractivity contribution in [3.63, 3.8) is 0 Å². The molecule has 0 saturated heterocycles. The van der Waals surface area contributed by atoms with E-state index in [4.69, 9.17) is 5.73 Å². The highest BCUT2D eigenvalue weighted by Gasteiger charge is 2.17. The smallest absolute Gasteiger partial charge is 0.239 e. The summed E-state index contributed by atoms with van der Waals surface area (Å²) in [6.07, 6.45) is 0. The van der Waals surface area contributed by atoms with E-state index < -0.39 is 6.04 Å². The summed E-state index contributed by atoms with van der Waals surface area (Å²) in [7, 11) is 0. The third kappa shape index (κ3) is 5.36. The van der Waals surface area contributed by atoms with Gasteiger partial charge in [-0.05, 0) is 23.6 Å². The van der Waals surface area contributed by atoms with Crippen LogP contribution in [-0.2, 0) is 16.1 Å². The van der Waals surface area contributed by atoms with Gasteiger partial charge in [0.1, 0.15) is 5.82 Å². The van der Waals surface area contributed by atoms with Crippen molar-refractivity contribution in [1.82, 2.24) is 10.6 Å². The number of hydrogen-bond donors (Lipinski definition) is 3. The third-order valence-corrected chi connectivity index (χ3v) is 2.82. The van der Waals surface area contributed by atoms with Crippen LogP contribution in [0.4, 0.5) is 4.39 Å². The third-order valence-electron chi connectivity index (χ3n) is 2.82. The second-order valence-electron chi connectivity index (χ2n) is 4.89. The molecule has 2 amide bonds. The molecule has 4 N–H and O–H groups in total. The number of rotatable bonds is 6. The SMILES string of the molecule is CC(C)[C@H](N)C(=O)NCC(=O)NCc1cccc(F)c1. The Morgan fingerprint density at radius 3 is 2.60 bits per heavy atom. The predicted molar refractivity (Wildman–Crippen MR) is 74.1 cm³/mol. The molecule has 0 aromatic heterocycles. The Bertz CT molecular complexity index is 477. The van der Waals surface area contributed by atoms with Crippen LogP contribution >= 0.6 is 0 Å². The van der Waals surface area contributed by atoms with Crippen molar-refractivity contribution in [3.05, 3.63) is 35.6 Å². The van der Waals surface area contributed by atoms with Gasteiger partial charge in [0.2, 0.25) is 11.8 Å². The van der Waals surface area contributed by atoms with Crippen molar-refractivity contribution in [2.75, 3.05) is 6.54 Å². The Morgan fingerprint density at radius 1 is 1.30 bits per heavy atom. The van der Waals surface area contributed by atoms with E-state index in [2.05, 4.69) is 10.6 Å². The first-order chi connectivity index (χ1) is 9.40. The summed E-state index contributed by atoms with van der Waals surface area (Å²) in [5, 5.41) is 5.05. The summed E-state index contributed by atoms with van der Waals surface area (Å²) < 4.78 is 12.9. The summed E-state index contributed by atoms with van der Waals surface area (Å²) in [6, 6.07) is 5.31. The topological polar surface area (TPSA) is 84.2 Å². The van der Waals surface area contributed by atoms with Crippen LogP contribution in [0, 0.1) is 11.7 Å². The zero-order chi connectivity index (χ0) is 15.1. The average Bonchev–Trinajstić information content (AvgIpc) is 2.41. The quantitative estimate of drug-likeness (QED) is 0.711. The molecular formula is C14H20FN3O2. The van der Waals surface area contributed by atoms with E-state index in [1.165, 1.54) is 12.1 Å². The van der Waals surface area contributed by atoms with Crippen LogP contribution in [0.1, 0.15) is 19.4 Å². The highest BCUT2D eigenvalue weighted by Crippen LogP contribution is 2.02. The van der Waals surface area contributed by atoms with Gasteiger partial charge in [0.05, 0.1) is 12.6 Å². The largest absolute Gasteiger partial charge is 0.350 e. The highest BCUT2D eigenvalue weighted by molar-refractivity contribution is 5.87. The molecule has 5 nitrogen and oxygen atoms in total. The number of nitrogens with one attached hydrogen (secondary N) is 2. The molecule has 1 aromatic carbocycles. The Balaban J connectivity index is 2.32. The van der Waals surface area contributed by atoms with Gasteiger partial charge in [-0.15, -0.1) is 0 Å². The monoisotopic (exact) mass is 281 g/mol. The van der Waals surface area contributed by atoms with Gasteiger partial charge >= 0.3 is 0 Å². The van der Waals surface area contributed by atoms with Gasteiger partial charge in [0.15, 0.2) is 0 Å². The van der Waals surface area contributed by atoms with E-state index in [9.17, 15) is 14.0 Å². The van der Waals surface area contributed by atoms with Gasteiger partial charge in [-0.3, -0.25) is 9.59 Å². The van der Waals surface area contributed by atoms with Crippen LogP contribution in [0.15, 0.2) is 24.3 Å². The molecule has 0 aliphatic rings. The van der Waals surface area contributed by atoms with Crippen LogP contribution in [0.5, 0.6) is 0 Å². The molecule has 0 unspecified atom stereocenters. The van der Waals surface area contributed by atoms with Crippen molar-refractivity contribution >= 4 is 11.8 Å². The van der Waals surface area contributed by atoms with Gasteiger partial charge in [-0.25, -0.2) is 4.39 Å². The molecule has 0 heterocycles. The molecule has 0 aliphatic heterocycles. The maximum Gasteiger partial charge on any atom is 0.239 e. The molecule has 0 saturated carbocycles. The number of nitrogens with two attached hydrogens (primary N) is 1. The second-order valence-corrected chi connectivity index (χ2v) is 4.89. The predicted octanol–water partition coefficient (Wildman–Crippen LogP) is 0.541. The molecule has 1 rings (SSSR count). The number of carbonyl (C=O) groups excluding carboxylic acids is 2. The molecule has 6 heteroatoms. The van der Waals surface area contributed by atoms with E-state index in [-0.39, 0.29) is 36.6 Å². The van der Waals surface area contributed by atoms with Crippen LogP contribution in [0.3, 0.4) is 0 Å². The Morgan fingerprint density at radius 2 is 2.00 bits per heavy atom. The number of halogens is 1. The van der Waals surface area contributed by atoms with E-state index in [0.717, 1.165) is 0 Å². The molecule has 0 aliphatic carbocycles. The number of amides is 2. The Hall–Kier alpha value is -1.95. The van der Waals surface area contributed by atoms with Gasteiger partial charge in [-0.2, -0.15) is 0 Å². The minimum absolute atomic E-state index is 0.00496. The minimum atomic E-state index is -0.633. The van der Waals surface area contributed by atoms with E-state index in [0.29, 0.717) is 5.56 Å². The van der Waals surface area contributed by atoms with Crippen molar-refractivity contribution < 1.29 is 14.0 Å². The molecule has 0 spiro atoms. The summed E-state index contributed by atoms with van der Waals surface area (Å²) >= 11 is 0. The van der Waals surface area contributed by atoms with Crippen LogP contribution in [0.2, 0.25) is 0 Å². The molecular weight excluding hydrogens is 261 g/mol. The summed E-state index contributed by atoms with van der Waals surface area (Å²) in [5.41, 5.74) is 6.30. The summed E-state index contributed by atoms with van der Waals surface area (Å²) in [4.78, 5) is 23.1. The van der Waals surface area contributed by atoms with Crippen LogP contribution < -0.4 is 16.4 Å². The summed E-state index contributed by atoms with van der Waals surface area (Å²) in [6.45, 7) is 3.72. The van der Waals surface area contributed by atoms with Crippen LogP contribution in [-0.4, -0.2) is 24.4 Å². The molecule has 1 atom stereocenters. The molecule has 0 fully saturated rings. The maximum absolute atomic E-state index is 12.9. The molecule has 20 heavy (non-hydrogen) atoms. The fourth-order valence-corrected chi connectivity index (χ4v) is 1.50. The highest BCUT2D eigenvalue weighted by atomic mass is 19.1. The molecule has 1 aromatic rings. The first-order valence-electron chi connectivity index (χ1n) is 6.44. The fourth-order valence-electron chi connectivity index (χ4n) is 1.50. The molecule has 0 bridgehead atoms. The summed E-state index contributed by atoms with van der Waals surface area (Å²) in [5.74, 6) is -1.06. The first kappa shape index (κ1) is 16.1. The lowest BCUT2D eigenvalue weighted by atomic mass is 10.1. The zero-order valence-electron chi connectivity index (χ0n) is 11.7. The van der Waals surface area contributed by atoms with E-state index >= 15 is 0 Å². The fraction of sp³-hybridized carbons (Fsp3) is 0.429. The maximum atomic E-state index is 12.9. The van der Waals surface area contributed by atoms with Gasteiger partial charge in [-0.1, -0.05) is 26.0 Å². The van der Waals surface area contributed by atoms with E-state index in [1.807, 2.05) is 13.8 Å². The van der Waals surface area contributed by atoms with Crippen LogP contribution in [0.25, 0.3) is 0 Å². The number of carbonyl (C=O) groups is 2. The lowest BCUT2D eigenvalue weighted by molar-refractivity contribution is -0.127. The molecule has 0 radical (unpaired) electrons. The van der Waals surface area contributed by atoms with Crippen molar-refractivity contribution in [3.8, 4) is 0 Å². The molecule has 110 valence electrons. The lowest BCUT2D eigenvalue weighted by Gasteiger charge is -2.15. The standard InChI is InChI=1S/C14H20FN3O2/c1-9(2)13(16)14(20)18-8-12(19)17-7-10-4-3-5-11(15)6-10/h3-6,9,13H,7-8,16H2,1-2H3,(H,17,19)(H,18,20)/t13-/m0/s1. The Kier molecular flexibility index (Phi) is 6.11. The number of benzene rings is 1. The van der Waals surface area contributed by atoms with Crippen molar-refractivity contribution in [2.45, 2.75) is 26.4 Å². The lowest BCUT2D eigenvalue weighted by Crippen LogP contribution is -2.47. The van der Waals surface area contributed by atoms with Gasteiger partial charge in [0, 0.05) is 6.54 Å². The van der Waals surface area contributed by atoms with Gasteiger partial charge < -0.3 is 16.4 Å². The first-order valence-corrected chi connectivity index (χ1v) is 6.44. The van der Waals surface area contributed by atoms with Gasteiger partial charge in [0.25, 0.3) is 0 Å². The number of hydrogen-bond acceptors (Lipinski definition) is 3. The second kappa shape index (κ2) is 7.59. The minimum Gasteiger partial charge on any atom is -0.350 e. The van der Waals surface area contributed by atoms with Crippen molar-refractivity contribution in [2.24, 2.45) is 11.7 Å². The Labute approximate surface area is 117 Å². The zero-order valence-corrected chi connectivity index (χ0v) is 11.7. The average molecular weight is 281 g/mol. The normalized spacial score (nSPS) is 12.1.